The third kappa shape index (κ3) is 2.85. The normalized spacial score (nSPS) is 16.1. The van der Waals surface area contributed by atoms with Crippen molar-refractivity contribution in [2.45, 2.75) is 0 Å². The van der Waals surface area contributed by atoms with Crippen LogP contribution >= 0.6 is 11.8 Å². The molecule has 0 radical (unpaired) electrons. The molecule has 1 fully saturated rings. The molecule has 2 N–H and O–H groups in total. The first-order chi connectivity index (χ1) is 9.55. The molecule has 0 spiro atoms. The smallest absolute Gasteiger partial charge is 0.338 e. The number of nitrogens with one attached hydrogen (secondary N) is 1. The molecule has 1 aromatic carbocycles. The van der Waals surface area contributed by atoms with Gasteiger partial charge in [-0.3, -0.25) is 4.79 Å². The highest BCUT2D eigenvalue weighted by atomic mass is 32.2. The van der Waals surface area contributed by atoms with E-state index in [4.69, 9.17) is 9.47 Å². The number of thioether (sulfide) groups is 1. The fraction of sp³-hybridized carbons (Fsp3) is 0.250. The summed E-state index contributed by atoms with van der Waals surface area (Å²) in [5.74, 6) is -0.358. The van der Waals surface area contributed by atoms with Gasteiger partial charge in [0.15, 0.2) is 16.7 Å². The van der Waals surface area contributed by atoms with E-state index in [1.54, 1.807) is 0 Å². The van der Waals surface area contributed by atoms with Crippen LogP contribution < -0.4 is 14.8 Å². The second-order valence-corrected chi connectivity index (χ2v) is 4.75. The van der Waals surface area contributed by atoms with Gasteiger partial charge in [0.05, 0.1) is 31.2 Å². The fourth-order valence-corrected chi connectivity index (χ4v) is 2.32. The van der Waals surface area contributed by atoms with E-state index in [0.717, 1.165) is 0 Å². The number of amides is 1. The van der Waals surface area contributed by atoms with Crippen LogP contribution in [0, 0.1) is 0 Å². The first kappa shape index (κ1) is 14.2. The molecule has 0 aromatic heterocycles. The lowest BCUT2D eigenvalue weighted by molar-refractivity contribution is -0.116. The van der Waals surface area contributed by atoms with Gasteiger partial charge in [0, 0.05) is 12.1 Å². The average molecular weight is 296 g/mol. The summed E-state index contributed by atoms with van der Waals surface area (Å²) in [6.45, 7) is 0. The van der Waals surface area contributed by atoms with Gasteiger partial charge in [-0.25, -0.2) is 9.79 Å². The minimum absolute atomic E-state index is 0.0306. The number of carbonyl (C=O) groups is 2. The molecule has 0 bridgehead atoms. The number of nitrogens with zero attached hydrogens (tertiary/aromatic N) is 1. The highest BCUT2D eigenvalue weighted by Crippen LogP contribution is 2.35. The van der Waals surface area contributed by atoms with Gasteiger partial charge in [-0.1, -0.05) is 11.8 Å². The van der Waals surface area contributed by atoms with Crippen LogP contribution in [0.5, 0.6) is 11.5 Å². The molecular formula is C12H12N2O5S. The van der Waals surface area contributed by atoms with Gasteiger partial charge in [-0.15, -0.1) is 0 Å². The molecule has 106 valence electrons. The van der Waals surface area contributed by atoms with Crippen molar-refractivity contribution in [2.24, 2.45) is 4.99 Å². The molecule has 20 heavy (non-hydrogen) atoms. The first-order valence-corrected chi connectivity index (χ1v) is 6.54. The lowest BCUT2D eigenvalue weighted by Gasteiger charge is -2.10. The maximum absolute atomic E-state index is 11.3. The second-order valence-electron chi connectivity index (χ2n) is 3.78. The highest BCUT2D eigenvalue weighted by Gasteiger charge is 2.20. The van der Waals surface area contributed by atoms with Crippen molar-refractivity contribution in [3.8, 4) is 11.5 Å². The number of rotatable bonds is 4. The van der Waals surface area contributed by atoms with Gasteiger partial charge >= 0.3 is 5.97 Å². The number of hydrogen-bond acceptors (Lipinski definition) is 6. The Hall–Kier alpha value is -2.22. The van der Waals surface area contributed by atoms with Crippen LogP contribution in [0.15, 0.2) is 17.1 Å². The molecule has 1 heterocycles. The molecule has 0 unspecified atom stereocenters. The van der Waals surface area contributed by atoms with Crippen molar-refractivity contribution in [2.75, 3.05) is 20.0 Å². The monoisotopic (exact) mass is 296 g/mol. The van der Waals surface area contributed by atoms with E-state index in [9.17, 15) is 14.7 Å². The Morgan fingerprint density at radius 2 is 2.00 bits per heavy atom. The molecule has 1 saturated heterocycles. The van der Waals surface area contributed by atoms with Crippen LogP contribution in [0.4, 0.5) is 5.69 Å². The van der Waals surface area contributed by atoms with Gasteiger partial charge in [0.2, 0.25) is 5.91 Å². The molecule has 8 heteroatoms. The zero-order valence-corrected chi connectivity index (χ0v) is 11.6. The van der Waals surface area contributed by atoms with Crippen LogP contribution in [0.1, 0.15) is 10.4 Å². The lowest BCUT2D eigenvalue weighted by atomic mass is 10.1. The van der Waals surface area contributed by atoms with E-state index in [-0.39, 0.29) is 22.9 Å². The van der Waals surface area contributed by atoms with E-state index in [0.29, 0.717) is 16.7 Å². The molecule has 7 nitrogen and oxygen atoms in total. The Kier molecular flexibility index (Phi) is 4.14. The summed E-state index contributed by atoms with van der Waals surface area (Å²) < 4.78 is 10.2. The summed E-state index contributed by atoms with van der Waals surface area (Å²) >= 11 is 1.21. The Labute approximate surface area is 119 Å². The minimum atomic E-state index is -1.14. The molecule has 1 amide bonds. The van der Waals surface area contributed by atoms with E-state index < -0.39 is 5.97 Å². The summed E-state index contributed by atoms with van der Waals surface area (Å²) in [7, 11) is 2.86. The van der Waals surface area contributed by atoms with Crippen molar-refractivity contribution in [1.29, 1.82) is 0 Å². The number of aliphatic imine (C=N–C) groups is 1. The molecule has 0 aliphatic carbocycles. The van der Waals surface area contributed by atoms with E-state index in [1.165, 1.54) is 38.1 Å². The maximum atomic E-state index is 11.3. The predicted molar refractivity (Wildman–Crippen MR) is 74.2 cm³/mol. The van der Waals surface area contributed by atoms with Gasteiger partial charge in [-0.05, 0) is 0 Å². The number of ether oxygens (including phenoxy) is 2. The third-order valence-electron chi connectivity index (χ3n) is 2.54. The Bertz CT molecular complexity index is 600. The number of methoxy groups -OCH3 is 2. The number of amidine groups is 1. The molecule has 1 aliphatic rings. The van der Waals surface area contributed by atoms with Gasteiger partial charge in [0.1, 0.15) is 0 Å². The van der Waals surface area contributed by atoms with Crippen molar-refractivity contribution in [1.82, 2.24) is 5.32 Å². The topological polar surface area (TPSA) is 97.2 Å². The molecule has 1 aliphatic heterocycles. The van der Waals surface area contributed by atoms with Crippen molar-refractivity contribution in [3.63, 3.8) is 0 Å². The SMILES string of the molecule is COc1cc(N=C2NC(=O)CS2)c(C(=O)O)cc1OC. The lowest BCUT2D eigenvalue weighted by Crippen LogP contribution is -2.20. The van der Waals surface area contributed by atoms with Crippen LogP contribution in [0.25, 0.3) is 0 Å². The van der Waals surface area contributed by atoms with Gasteiger partial charge in [-0.2, -0.15) is 0 Å². The quantitative estimate of drug-likeness (QED) is 0.868. The molecule has 1 aromatic rings. The van der Waals surface area contributed by atoms with Crippen molar-refractivity contribution in [3.05, 3.63) is 17.7 Å². The molecule has 2 rings (SSSR count). The average Bonchev–Trinajstić information content (AvgIpc) is 2.83. The number of aromatic carboxylic acids is 1. The zero-order chi connectivity index (χ0) is 14.7. The summed E-state index contributed by atoms with van der Waals surface area (Å²) in [5.41, 5.74) is 0.164. The van der Waals surface area contributed by atoms with Crippen molar-refractivity contribution >= 4 is 34.5 Å². The molecular weight excluding hydrogens is 284 g/mol. The Morgan fingerprint density at radius 1 is 1.35 bits per heavy atom. The standard InChI is InChI=1S/C12H12N2O5S/c1-18-8-3-6(11(16)17)7(4-9(8)19-2)13-12-14-10(15)5-20-12/h3-4H,5H2,1-2H3,(H,16,17)(H,13,14,15). The van der Waals surface area contributed by atoms with Crippen LogP contribution in [-0.2, 0) is 4.79 Å². The van der Waals surface area contributed by atoms with E-state index in [2.05, 4.69) is 10.3 Å². The van der Waals surface area contributed by atoms with Crippen LogP contribution in [0.3, 0.4) is 0 Å². The maximum Gasteiger partial charge on any atom is 0.338 e. The van der Waals surface area contributed by atoms with Crippen molar-refractivity contribution < 1.29 is 24.2 Å². The number of carboxylic acids is 1. The summed E-state index contributed by atoms with van der Waals surface area (Å²) in [6.07, 6.45) is 0. The second kappa shape index (κ2) is 5.83. The van der Waals surface area contributed by atoms with Crippen LogP contribution in [-0.4, -0.2) is 42.1 Å². The predicted octanol–water partition coefficient (Wildman–Crippen LogP) is 1.25. The van der Waals surface area contributed by atoms with E-state index in [1.807, 2.05) is 0 Å². The molecule has 0 saturated carbocycles. The first-order valence-electron chi connectivity index (χ1n) is 5.55. The Morgan fingerprint density at radius 3 is 2.50 bits per heavy atom. The fourth-order valence-electron chi connectivity index (χ4n) is 1.63. The third-order valence-corrected chi connectivity index (χ3v) is 3.41. The highest BCUT2D eigenvalue weighted by molar-refractivity contribution is 8.15. The van der Waals surface area contributed by atoms with Crippen LogP contribution in [0.2, 0.25) is 0 Å². The van der Waals surface area contributed by atoms with Gasteiger partial charge in [0.25, 0.3) is 0 Å². The Balaban J connectivity index is 2.50. The summed E-state index contributed by atoms with van der Waals surface area (Å²) in [4.78, 5) is 26.5. The summed E-state index contributed by atoms with van der Waals surface area (Å²) in [5, 5.41) is 12.1. The molecule has 0 atom stereocenters. The summed E-state index contributed by atoms with van der Waals surface area (Å²) in [6, 6.07) is 2.79. The number of carbonyl (C=O) groups excluding carboxylic acids is 1. The van der Waals surface area contributed by atoms with Gasteiger partial charge < -0.3 is 19.9 Å². The minimum Gasteiger partial charge on any atom is -0.493 e. The number of benzene rings is 1. The zero-order valence-electron chi connectivity index (χ0n) is 10.8. The number of carboxylic acid groups (broad SMARTS) is 1. The van der Waals surface area contributed by atoms with E-state index >= 15 is 0 Å². The number of hydrogen-bond donors (Lipinski definition) is 2. The largest absolute Gasteiger partial charge is 0.493 e.